The molecule has 3 aromatic rings. The quantitative estimate of drug-likeness (QED) is 0.707. The summed E-state index contributed by atoms with van der Waals surface area (Å²) in [5, 5.41) is 7.01. The second-order valence-electron chi connectivity index (χ2n) is 4.38. The average molecular weight is 330 g/mol. The Labute approximate surface area is 134 Å². The van der Waals surface area contributed by atoms with Gasteiger partial charge in [-0.25, -0.2) is 9.37 Å². The molecule has 0 atom stereocenters. The molecule has 2 heterocycles. The minimum absolute atomic E-state index is 0.228. The van der Waals surface area contributed by atoms with Gasteiger partial charge in [-0.15, -0.1) is 22.7 Å². The SMILES string of the molecule is O=C(C=Cc1cccs1)Nc1nc(-c2ccc(F)cc2)cs1. The van der Waals surface area contributed by atoms with Gasteiger partial charge in [0.2, 0.25) is 5.91 Å². The minimum atomic E-state index is -0.286. The van der Waals surface area contributed by atoms with Crippen LogP contribution in [0.2, 0.25) is 0 Å². The van der Waals surface area contributed by atoms with Crippen molar-refractivity contribution >= 4 is 39.8 Å². The van der Waals surface area contributed by atoms with Crippen molar-refractivity contribution in [3.63, 3.8) is 0 Å². The lowest BCUT2D eigenvalue weighted by atomic mass is 10.2. The summed E-state index contributed by atoms with van der Waals surface area (Å²) in [6, 6.07) is 9.95. The molecule has 0 saturated heterocycles. The summed E-state index contributed by atoms with van der Waals surface area (Å²) in [4.78, 5) is 17.2. The lowest BCUT2D eigenvalue weighted by Gasteiger charge is -1.97. The maximum atomic E-state index is 12.9. The third-order valence-electron chi connectivity index (χ3n) is 2.82. The number of hydrogen-bond acceptors (Lipinski definition) is 4. The van der Waals surface area contributed by atoms with Crippen molar-refractivity contribution in [1.82, 2.24) is 4.98 Å². The number of anilines is 1. The molecule has 110 valence electrons. The number of nitrogens with zero attached hydrogens (tertiary/aromatic N) is 1. The van der Waals surface area contributed by atoms with Gasteiger partial charge in [-0.05, 0) is 41.8 Å². The van der Waals surface area contributed by atoms with Crippen molar-refractivity contribution < 1.29 is 9.18 Å². The zero-order valence-corrected chi connectivity index (χ0v) is 13.0. The Kier molecular flexibility index (Phi) is 4.41. The van der Waals surface area contributed by atoms with Crippen molar-refractivity contribution in [1.29, 1.82) is 0 Å². The Morgan fingerprint density at radius 3 is 2.73 bits per heavy atom. The van der Waals surface area contributed by atoms with E-state index in [0.29, 0.717) is 10.8 Å². The fraction of sp³-hybridized carbons (Fsp3) is 0. The van der Waals surface area contributed by atoms with Crippen LogP contribution in [0.3, 0.4) is 0 Å². The summed E-state index contributed by atoms with van der Waals surface area (Å²) in [5.41, 5.74) is 1.52. The summed E-state index contributed by atoms with van der Waals surface area (Å²) < 4.78 is 12.9. The van der Waals surface area contributed by atoms with E-state index >= 15 is 0 Å². The molecule has 1 aromatic carbocycles. The second-order valence-corrected chi connectivity index (χ2v) is 6.22. The normalized spacial score (nSPS) is 11.0. The number of thiazole rings is 1. The van der Waals surface area contributed by atoms with Crippen LogP contribution >= 0.6 is 22.7 Å². The van der Waals surface area contributed by atoms with Gasteiger partial charge in [0.25, 0.3) is 0 Å². The lowest BCUT2D eigenvalue weighted by molar-refractivity contribution is -0.111. The molecule has 0 aliphatic rings. The van der Waals surface area contributed by atoms with E-state index in [4.69, 9.17) is 0 Å². The predicted octanol–water partition coefficient (Wildman–Crippen LogP) is 4.66. The lowest BCUT2D eigenvalue weighted by Crippen LogP contribution is -2.07. The van der Waals surface area contributed by atoms with Crippen LogP contribution in [0.25, 0.3) is 17.3 Å². The number of thiophene rings is 1. The number of benzene rings is 1. The van der Waals surface area contributed by atoms with Gasteiger partial charge in [0, 0.05) is 21.9 Å². The molecule has 3 rings (SSSR count). The van der Waals surface area contributed by atoms with Crippen LogP contribution in [0, 0.1) is 5.82 Å². The highest BCUT2D eigenvalue weighted by molar-refractivity contribution is 7.14. The molecule has 0 bridgehead atoms. The third-order valence-corrected chi connectivity index (χ3v) is 4.41. The van der Waals surface area contributed by atoms with Crippen molar-refractivity contribution in [2.24, 2.45) is 0 Å². The molecule has 0 aliphatic heterocycles. The van der Waals surface area contributed by atoms with Gasteiger partial charge >= 0.3 is 0 Å². The molecule has 2 aromatic heterocycles. The fourth-order valence-corrected chi connectivity index (χ4v) is 3.12. The number of halogens is 1. The molecule has 0 radical (unpaired) electrons. The largest absolute Gasteiger partial charge is 0.298 e. The number of amides is 1. The highest BCUT2D eigenvalue weighted by atomic mass is 32.1. The third kappa shape index (κ3) is 3.66. The van der Waals surface area contributed by atoms with Gasteiger partial charge in [0.1, 0.15) is 5.82 Å². The Balaban J connectivity index is 1.66. The van der Waals surface area contributed by atoms with Crippen LogP contribution in [-0.4, -0.2) is 10.9 Å². The second kappa shape index (κ2) is 6.64. The number of carbonyl (C=O) groups is 1. The molecule has 6 heteroatoms. The van der Waals surface area contributed by atoms with Crippen molar-refractivity contribution in [3.8, 4) is 11.3 Å². The van der Waals surface area contributed by atoms with Crippen molar-refractivity contribution in [2.45, 2.75) is 0 Å². The smallest absolute Gasteiger partial charge is 0.250 e. The van der Waals surface area contributed by atoms with Gasteiger partial charge in [-0.1, -0.05) is 6.07 Å². The highest BCUT2D eigenvalue weighted by Crippen LogP contribution is 2.25. The van der Waals surface area contributed by atoms with E-state index in [1.165, 1.54) is 29.5 Å². The first-order valence-corrected chi connectivity index (χ1v) is 8.21. The van der Waals surface area contributed by atoms with Crippen molar-refractivity contribution in [3.05, 3.63) is 63.9 Å². The Morgan fingerprint density at radius 2 is 2.00 bits per heavy atom. The molecule has 1 N–H and O–H groups in total. The molecule has 0 unspecified atom stereocenters. The monoisotopic (exact) mass is 330 g/mol. The average Bonchev–Trinajstić information content (AvgIpc) is 3.17. The maximum absolute atomic E-state index is 12.9. The molecule has 22 heavy (non-hydrogen) atoms. The first kappa shape index (κ1) is 14.6. The van der Waals surface area contributed by atoms with Gasteiger partial charge in [-0.3, -0.25) is 10.1 Å². The van der Waals surface area contributed by atoms with Crippen LogP contribution in [0.15, 0.2) is 53.2 Å². The first-order chi connectivity index (χ1) is 10.7. The minimum Gasteiger partial charge on any atom is -0.298 e. The maximum Gasteiger partial charge on any atom is 0.250 e. The van der Waals surface area contributed by atoms with E-state index in [9.17, 15) is 9.18 Å². The van der Waals surface area contributed by atoms with Gasteiger partial charge in [-0.2, -0.15) is 0 Å². The zero-order valence-electron chi connectivity index (χ0n) is 11.3. The molecular formula is C16H11FN2OS2. The fourth-order valence-electron chi connectivity index (χ4n) is 1.78. The number of nitrogens with one attached hydrogen (secondary N) is 1. The standard InChI is InChI=1S/C16H11FN2OS2/c17-12-5-3-11(4-6-12)14-10-22-16(18-14)19-15(20)8-7-13-2-1-9-21-13/h1-10H,(H,18,19,20). The van der Waals surface area contributed by atoms with Gasteiger partial charge in [0.15, 0.2) is 5.13 Å². The van der Waals surface area contributed by atoms with Crippen molar-refractivity contribution in [2.75, 3.05) is 5.32 Å². The first-order valence-electron chi connectivity index (χ1n) is 6.45. The summed E-state index contributed by atoms with van der Waals surface area (Å²) in [5.74, 6) is -0.514. The number of hydrogen-bond donors (Lipinski definition) is 1. The molecule has 3 nitrogen and oxygen atoms in total. The van der Waals surface area contributed by atoms with Crippen LogP contribution in [0.5, 0.6) is 0 Å². The number of aromatic nitrogens is 1. The molecule has 0 saturated carbocycles. The van der Waals surface area contributed by atoms with Crippen LogP contribution in [0.4, 0.5) is 9.52 Å². The molecular weight excluding hydrogens is 319 g/mol. The van der Waals surface area contributed by atoms with E-state index < -0.39 is 0 Å². The molecule has 0 aliphatic carbocycles. The number of carbonyl (C=O) groups excluding carboxylic acids is 1. The van der Waals surface area contributed by atoms with Crippen LogP contribution in [-0.2, 0) is 4.79 Å². The van der Waals surface area contributed by atoms with E-state index in [1.54, 1.807) is 29.5 Å². The zero-order chi connectivity index (χ0) is 15.4. The van der Waals surface area contributed by atoms with E-state index in [2.05, 4.69) is 10.3 Å². The highest BCUT2D eigenvalue weighted by Gasteiger charge is 2.06. The summed E-state index contributed by atoms with van der Waals surface area (Å²) in [7, 11) is 0. The Hall–Kier alpha value is -2.31. The summed E-state index contributed by atoms with van der Waals surface area (Å²) >= 11 is 2.90. The predicted molar refractivity (Wildman–Crippen MR) is 89.5 cm³/mol. The Morgan fingerprint density at radius 1 is 1.18 bits per heavy atom. The summed E-state index contributed by atoms with van der Waals surface area (Å²) in [6.07, 6.45) is 3.24. The van der Waals surface area contributed by atoms with E-state index in [-0.39, 0.29) is 11.7 Å². The summed E-state index contributed by atoms with van der Waals surface area (Å²) in [6.45, 7) is 0. The number of rotatable bonds is 4. The van der Waals surface area contributed by atoms with E-state index in [1.807, 2.05) is 22.9 Å². The topological polar surface area (TPSA) is 42.0 Å². The van der Waals surface area contributed by atoms with Gasteiger partial charge < -0.3 is 0 Å². The van der Waals surface area contributed by atoms with E-state index in [0.717, 1.165) is 10.4 Å². The molecule has 0 fully saturated rings. The molecule has 0 spiro atoms. The van der Waals surface area contributed by atoms with Crippen LogP contribution < -0.4 is 5.32 Å². The van der Waals surface area contributed by atoms with Crippen LogP contribution in [0.1, 0.15) is 4.88 Å². The molecule has 1 amide bonds. The Bertz CT molecular complexity index is 792. The van der Waals surface area contributed by atoms with Gasteiger partial charge in [0.05, 0.1) is 5.69 Å².